The average molecular weight is 437 g/mol. The van der Waals surface area contributed by atoms with E-state index in [0.717, 1.165) is 21.9 Å². The van der Waals surface area contributed by atoms with E-state index < -0.39 is 20.2 Å². The van der Waals surface area contributed by atoms with Crippen LogP contribution in [0.5, 0.6) is 0 Å². The summed E-state index contributed by atoms with van der Waals surface area (Å²) < 4.78 is 64.2. The molecule has 2 N–H and O–H groups in total. The zero-order valence-corrected chi connectivity index (χ0v) is 18.9. The van der Waals surface area contributed by atoms with Crippen LogP contribution in [0, 0.1) is 0 Å². The monoisotopic (exact) mass is 437 g/mol. The topological polar surface area (TPSA) is 109 Å². The van der Waals surface area contributed by atoms with Gasteiger partial charge in [0.05, 0.1) is 9.79 Å². The molecule has 143 valence electrons. The molecule has 0 amide bonds. The molecule has 0 unspecified atom stereocenters. The van der Waals surface area contributed by atoms with E-state index in [0.29, 0.717) is 10.8 Å². The van der Waals surface area contributed by atoms with Gasteiger partial charge in [0.15, 0.2) is 0 Å². The van der Waals surface area contributed by atoms with E-state index in [-0.39, 0.29) is 39.3 Å². The average Bonchev–Trinajstić information content (AvgIpc) is 2.64. The van der Waals surface area contributed by atoms with Crippen LogP contribution in [0.2, 0.25) is 0 Å². The molecule has 0 saturated heterocycles. The minimum Gasteiger partial charge on any atom is -0.282 e. The summed E-state index contributed by atoms with van der Waals surface area (Å²) in [5.41, 5.74) is 1.65. The van der Waals surface area contributed by atoms with Crippen molar-refractivity contribution >= 4 is 71.3 Å². The second-order valence-corrected chi connectivity index (χ2v) is 9.17. The zero-order chi connectivity index (χ0) is 20.1. The Labute approximate surface area is 190 Å². The van der Waals surface area contributed by atoms with Gasteiger partial charge in [0, 0.05) is 29.6 Å². The van der Waals surface area contributed by atoms with Gasteiger partial charge in [0.1, 0.15) is 0 Å². The molecular weight excluding hydrogens is 423 g/mol. The second kappa shape index (κ2) is 7.81. The number of rotatable bonds is 3. The summed E-state index contributed by atoms with van der Waals surface area (Å²) in [5.74, 6) is 0. The summed E-state index contributed by atoms with van der Waals surface area (Å²) >= 11 is 0. The number of benzene rings is 4. The maximum Gasteiger partial charge on any atom is 0.294 e. The van der Waals surface area contributed by atoms with Gasteiger partial charge in [0.2, 0.25) is 0 Å². The Balaban J connectivity index is 0.00000240. The number of hydrogen-bond donors (Lipinski definition) is 2. The van der Waals surface area contributed by atoms with Crippen LogP contribution >= 0.6 is 0 Å². The summed E-state index contributed by atoms with van der Waals surface area (Å²) in [6, 6.07) is 19.5. The Bertz CT molecular complexity index is 1350. The molecule has 0 heterocycles. The van der Waals surface area contributed by atoms with Crippen LogP contribution in [-0.4, -0.2) is 55.5 Å². The predicted octanol–water partition coefficient (Wildman–Crippen LogP) is 3.77. The van der Waals surface area contributed by atoms with Crippen molar-refractivity contribution in [2.45, 2.75) is 9.79 Å². The van der Waals surface area contributed by atoms with Crippen molar-refractivity contribution in [2.75, 3.05) is 0 Å². The summed E-state index contributed by atoms with van der Waals surface area (Å²) in [6.45, 7) is 0. The third-order valence-electron chi connectivity index (χ3n) is 4.59. The van der Waals surface area contributed by atoms with Crippen LogP contribution in [0.4, 0.5) is 0 Å². The minimum atomic E-state index is -4.31. The molecule has 29 heavy (non-hydrogen) atoms. The maximum absolute atomic E-state index is 11.4. The smallest absolute Gasteiger partial charge is 0.282 e. The Kier molecular flexibility index (Phi) is 5.90. The van der Waals surface area contributed by atoms with E-state index in [1.54, 1.807) is 36.4 Å². The quantitative estimate of drug-likeness (QED) is 0.373. The molecule has 9 heteroatoms. The van der Waals surface area contributed by atoms with Crippen molar-refractivity contribution in [3.8, 4) is 11.1 Å². The fourth-order valence-corrected chi connectivity index (χ4v) is 4.35. The van der Waals surface area contributed by atoms with Gasteiger partial charge in [-0.05, 0) is 56.9 Å². The fourth-order valence-electron chi connectivity index (χ4n) is 3.31. The van der Waals surface area contributed by atoms with E-state index in [1.165, 1.54) is 24.3 Å². The van der Waals surface area contributed by atoms with E-state index in [1.807, 2.05) is 12.1 Å². The van der Waals surface area contributed by atoms with Crippen molar-refractivity contribution < 1.29 is 25.9 Å². The molecule has 6 nitrogen and oxygen atoms in total. The molecule has 0 aromatic heterocycles. The van der Waals surface area contributed by atoms with Gasteiger partial charge in [-0.1, -0.05) is 48.5 Å². The first-order chi connectivity index (χ1) is 13.1. The van der Waals surface area contributed by atoms with Crippen LogP contribution in [-0.2, 0) is 20.2 Å². The molecule has 0 aliphatic rings. The van der Waals surface area contributed by atoms with E-state index in [4.69, 9.17) is 0 Å². The van der Waals surface area contributed by atoms with Crippen molar-refractivity contribution in [1.82, 2.24) is 0 Å². The minimum absolute atomic E-state index is 0. The van der Waals surface area contributed by atoms with Gasteiger partial charge in [-0.15, -0.1) is 0 Å². The molecule has 0 atom stereocenters. The standard InChI is InChI=1S/C20H14O6S2.Na/c21-27(22,23)15-7-9-17-13(11-15)3-1-5-19(17)20-6-2-4-14-12-16(28(24,25)26)8-10-18(14)20;/h1-12H,(H,21,22,23)(H,24,25,26);. The molecule has 0 spiro atoms. The van der Waals surface area contributed by atoms with Crippen molar-refractivity contribution in [1.29, 1.82) is 0 Å². The summed E-state index contributed by atoms with van der Waals surface area (Å²) in [5, 5.41) is 2.83. The van der Waals surface area contributed by atoms with Crippen LogP contribution in [0.25, 0.3) is 32.7 Å². The van der Waals surface area contributed by atoms with E-state index >= 15 is 0 Å². The van der Waals surface area contributed by atoms with Crippen molar-refractivity contribution in [2.24, 2.45) is 0 Å². The molecule has 4 rings (SSSR count). The summed E-state index contributed by atoms with van der Waals surface area (Å²) in [4.78, 5) is -0.374. The van der Waals surface area contributed by atoms with Crippen LogP contribution in [0.15, 0.2) is 82.6 Å². The normalized spacial score (nSPS) is 12.1. The van der Waals surface area contributed by atoms with Gasteiger partial charge in [-0.25, -0.2) is 0 Å². The number of fused-ring (bicyclic) bond motifs is 2. The van der Waals surface area contributed by atoms with E-state index in [2.05, 4.69) is 0 Å². The molecule has 0 saturated carbocycles. The largest absolute Gasteiger partial charge is 0.294 e. The Morgan fingerprint density at radius 1 is 0.552 bits per heavy atom. The summed E-state index contributed by atoms with van der Waals surface area (Å²) in [6.07, 6.45) is 0. The molecule has 0 aliphatic heterocycles. The van der Waals surface area contributed by atoms with Gasteiger partial charge < -0.3 is 0 Å². The fraction of sp³-hybridized carbons (Fsp3) is 0. The molecule has 4 aromatic carbocycles. The molecule has 0 fully saturated rings. The Hall–Kier alpha value is -1.78. The number of hydrogen-bond acceptors (Lipinski definition) is 4. The maximum atomic E-state index is 11.4. The molecular formula is C20H14NaO6S2. The van der Waals surface area contributed by atoms with Crippen LogP contribution in [0.3, 0.4) is 0 Å². The third kappa shape index (κ3) is 4.24. The van der Waals surface area contributed by atoms with Gasteiger partial charge in [0.25, 0.3) is 20.2 Å². The molecule has 1 radical (unpaired) electrons. The van der Waals surface area contributed by atoms with Crippen molar-refractivity contribution in [3.05, 3.63) is 72.8 Å². The van der Waals surface area contributed by atoms with Gasteiger partial charge in [-0.2, -0.15) is 16.8 Å². The van der Waals surface area contributed by atoms with Crippen LogP contribution < -0.4 is 0 Å². The zero-order valence-electron chi connectivity index (χ0n) is 15.3. The first kappa shape index (κ1) is 21.9. The first-order valence-corrected chi connectivity index (χ1v) is 11.0. The van der Waals surface area contributed by atoms with Gasteiger partial charge >= 0.3 is 0 Å². The van der Waals surface area contributed by atoms with Crippen LogP contribution in [0.1, 0.15) is 0 Å². The third-order valence-corrected chi connectivity index (χ3v) is 6.29. The molecule has 4 aromatic rings. The van der Waals surface area contributed by atoms with Gasteiger partial charge in [-0.3, -0.25) is 9.11 Å². The molecule has 0 aliphatic carbocycles. The summed E-state index contributed by atoms with van der Waals surface area (Å²) in [7, 11) is -8.61. The predicted molar refractivity (Wildman–Crippen MR) is 112 cm³/mol. The Morgan fingerprint density at radius 2 is 0.931 bits per heavy atom. The Morgan fingerprint density at radius 3 is 1.28 bits per heavy atom. The molecule has 0 bridgehead atoms. The SMILES string of the molecule is O=S(=O)(O)c1ccc2c(-c3cccc4cc(S(=O)(=O)O)ccc34)cccc2c1.[Na]. The van der Waals surface area contributed by atoms with Crippen molar-refractivity contribution in [3.63, 3.8) is 0 Å². The second-order valence-electron chi connectivity index (χ2n) is 6.33. The first-order valence-electron chi connectivity index (χ1n) is 8.15. The van der Waals surface area contributed by atoms with E-state index in [9.17, 15) is 25.9 Å².